The monoisotopic (exact) mass is 314 g/mol. The Labute approximate surface area is 124 Å². The van der Waals surface area contributed by atoms with E-state index in [9.17, 15) is 14.0 Å². The highest BCUT2D eigenvalue weighted by atomic mass is 35.5. The van der Waals surface area contributed by atoms with Gasteiger partial charge < -0.3 is 15.2 Å². The van der Waals surface area contributed by atoms with Crippen molar-refractivity contribution in [2.24, 2.45) is 0 Å². The van der Waals surface area contributed by atoms with E-state index in [0.29, 0.717) is 0 Å². The number of carbonyl (C=O) groups is 2. The Morgan fingerprint density at radius 2 is 2.14 bits per heavy atom. The van der Waals surface area contributed by atoms with Crippen LogP contribution in [0.3, 0.4) is 0 Å². The summed E-state index contributed by atoms with van der Waals surface area (Å²) in [6.45, 7) is -0.486. The van der Waals surface area contributed by atoms with Crippen LogP contribution >= 0.6 is 11.6 Å². The molecule has 21 heavy (non-hydrogen) atoms. The van der Waals surface area contributed by atoms with E-state index in [1.54, 1.807) is 0 Å². The maximum absolute atomic E-state index is 14.1. The van der Waals surface area contributed by atoms with Gasteiger partial charge in [0.1, 0.15) is 5.70 Å². The third kappa shape index (κ3) is 2.84. The number of aliphatic hydroxyl groups excluding tert-OH is 1. The van der Waals surface area contributed by atoms with Crippen LogP contribution in [0.1, 0.15) is 0 Å². The van der Waals surface area contributed by atoms with Gasteiger partial charge in [-0.05, 0) is 12.1 Å². The lowest BCUT2D eigenvalue weighted by Gasteiger charge is -2.15. The molecule has 0 bridgehead atoms. The standard InChI is InChI=1S/C13H12ClFN2O4/c1-21-9-3-2-7(14)12(11(9)15)16-8-6-10(19)17(4-5-18)13(8)20/h2-3,6,16,18H,4-5H2,1H3. The molecule has 0 saturated heterocycles. The van der Waals surface area contributed by atoms with Crippen molar-refractivity contribution < 1.29 is 23.8 Å². The Hall–Kier alpha value is -2.12. The molecule has 0 saturated carbocycles. The van der Waals surface area contributed by atoms with Crippen LogP contribution in [0.15, 0.2) is 23.9 Å². The van der Waals surface area contributed by atoms with Crippen molar-refractivity contribution in [3.05, 3.63) is 34.7 Å². The number of anilines is 1. The molecule has 1 aliphatic rings. The zero-order valence-electron chi connectivity index (χ0n) is 11.0. The Kier molecular flexibility index (Phi) is 4.44. The van der Waals surface area contributed by atoms with Crippen molar-refractivity contribution in [2.75, 3.05) is 25.6 Å². The Balaban J connectivity index is 2.30. The summed E-state index contributed by atoms with van der Waals surface area (Å²) >= 11 is 5.88. The number of ether oxygens (including phenoxy) is 1. The van der Waals surface area contributed by atoms with Gasteiger partial charge in [0, 0.05) is 6.08 Å². The predicted molar refractivity (Wildman–Crippen MR) is 73.5 cm³/mol. The molecule has 0 spiro atoms. The number of imide groups is 1. The van der Waals surface area contributed by atoms with Crippen LogP contribution < -0.4 is 10.1 Å². The van der Waals surface area contributed by atoms with Crippen LogP contribution in [-0.4, -0.2) is 42.1 Å². The smallest absolute Gasteiger partial charge is 0.277 e. The van der Waals surface area contributed by atoms with Crippen LogP contribution in [0.5, 0.6) is 5.75 Å². The molecule has 0 aromatic heterocycles. The third-order valence-electron chi connectivity index (χ3n) is 2.87. The number of methoxy groups -OCH3 is 1. The van der Waals surface area contributed by atoms with E-state index in [0.717, 1.165) is 11.0 Å². The fraction of sp³-hybridized carbons (Fsp3) is 0.231. The lowest BCUT2D eigenvalue weighted by molar-refractivity contribution is -0.137. The molecule has 8 heteroatoms. The fourth-order valence-electron chi connectivity index (χ4n) is 1.85. The van der Waals surface area contributed by atoms with Crippen molar-refractivity contribution in [3.8, 4) is 5.75 Å². The van der Waals surface area contributed by atoms with Gasteiger partial charge in [0.15, 0.2) is 11.6 Å². The first kappa shape index (κ1) is 15.3. The van der Waals surface area contributed by atoms with E-state index in [-0.39, 0.29) is 35.3 Å². The summed E-state index contributed by atoms with van der Waals surface area (Å²) in [5, 5.41) is 11.3. The number of carbonyl (C=O) groups excluding carboxylic acids is 2. The van der Waals surface area contributed by atoms with Crippen LogP contribution in [0.25, 0.3) is 0 Å². The van der Waals surface area contributed by atoms with Crippen molar-refractivity contribution in [1.29, 1.82) is 0 Å². The van der Waals surface area contributed by atoms with Crippen molar-refractivity contribution in [1.82, 2.24) is 4.90 Å². The Bertz CT molecular complexity index is 633. The molecule has 0 unspecified atom stereocenters. The highest BCUT2D eigenvalue weighted by molar-refractivity contribution is 6.33. The second-order valence-electron chi connectivity index (χ2n) is 4.14. The summed E-state index contributed by atoms with van der Waals surface area (Å²) < 4.78 is 18.9. The number of hydrogen-bond acceptors (Lipinski definition) is 5. The van der Waals surface area contributed by atoms with Gasteiger partial charge in [-0.3, -0.25) is 14.5 Å². The van der Waals surface area contributed by atoms with Gasteiger partial charge >= 0.3 is 0 Å². The van der Waals surface area contributed by atoms with E-state index in [1.165, 1.54) is 19.2 Å². The quantitative estimate of drug-likeness (QED) is 0.797. The number of nitrogens with one attached hydrogen (secondary N) is 1. The molecule has 112 valence electrons. The summed E-state index contributed by atoms with van der Waals surface area (Å²) in [6, 6.07) is 2.75. The van der Waals surface area contributed by atoms with Gasteiger partial charge in [-0.15, -0.1) is 0 Å². The highest BCUT2D eigenvalue weighted by Crippen LogP contribution is 2.33. The number of aliphatic hydroxyl groups is 1. The summed E-state index contributed by atoms with van der Waals surface area (Å²) in [5.74, 6) is -2.07. The fourth-order valence-corrected chi connectivity index (χ4v) is 2.04. The zero-order chi connectivity index (χ0) is 15.6. The maximum atomic E-state index is 14.1. The second kappa shape index (κ2) is 6.11. The molecule has 2 amide bonds. The number of rotatable bonds is 5. The number of hydrogen-bond donors (Lipinski definition) is 2. The lowest BCUT2D eigenvalue weighted by Crippen LogP contribution is -2.34. The predicted octanol–water partition coefficient (Wildman–Crippen LogP) is 1.14. The van der Waals surface area contributed by atoms with E-state index < -0.39 is 17.6 Å². The second-order valence-corrected chi connectivity index (χ2v) is 4.55. The lowest BCUT2D eigenvalue weighted by atomic mass is 10.2. The van der Waals surface area contributed by atoms with Gasteiger partial charge in [0.2, 0.25) is 0 Å². The molecular formula is C13H12ClFN2O4. The molecule has 1 aromatic carbocycles. The minimum absolute atomic E-state index is 0.0371. The molecule has 6 nitrogen and oxygen atoms in total. The Morgan fingerprint density at radius 1 is 1.43 bits per heavy atom. The first-order chi connectivity index (χ1) is 9.99. The highest BCUT2D eigenvalue weighted by Gasteiger charge is 2.31. The summed E-state index contributed by atoms with van der Waals surface area (Å²) in [5.41, 5.74) is -0.281. The summed E-state index contributed by atoms with van der Waals surface area (Å²) in [4.78, 5) is 24.4. The number of halogens is 2. The molecule has 0 aliphatic carbocycles. The number of amides is 2. The van der Waals surface area contributed by atoms with Crippen LogP contribution in [-0.2, 0) is 9.59 Å². The first-order valence-corrected chi connectivity index (χ1v) is 6.34. The molecule has 1 aliphatic heterocycles. The van der Waals surface area contributed by atoms with Crippen molar-refractivity contribution in [2.45, 2.75) is 0 Å². The van der Waals surface area contributed by atoms with E-state index in [2.05, 4.69) is 5.32 Å². The van der Waals surface area contributed by atoms with E-state index in [4.69, 9.17) is 21.4 Å². The van der Waals surface area contributed by atoms with Gasteiger partial charge in [0.05, 0.1) is 31.0 Å². The molecule has 1 aromatic rings. The van der Waals surface area contributed by atoms with Gasteiger partial charge in [-0.25, -0.2) is 4.39 Å². The van der Waals surface area contributed by atoms with Gasteiger partial charge in [0.25, 0.3) is 11.8 Å². The molecule has 0 fully saturated rings. The first-order valence-electron chi connectivity index (χ1n) is 5.97. The molecule has 2 N–H and O–H groups in total. The minimum Gasteiger partial charge on any atom is -0.494 e. The van der Waals surface area contributed by atoms with Crippen LogP contribution in [0.2, 0.25) is 5.02 Å². The SMILES string of the molecule is COc1ccc(Cl)c(NC2=CC(=O)N(CCO)C2=O)c1F. The largest absolute Gasteiger partial charge is 0.494 e. The van der Waals surface area contributed by atoms with Gasteiger partial charge in [-0.1, -0.05) is 11.6 Å². The molecule has 0 radical (unpaired) electrons. The molecule has 2 rings (SSSR count). The molecule has 1 heterocycles. The average Bonchev–Trinajstić information content (AvgIpc) is 2.71. The topological polar surface area (TPSA) is 78.9 Å². The van der Waals surface area contributed by atoms with Crippen LogP contribution in [0.4, 0.5) is 10.1 Å². The van der Waals surface area contributed by atoms with E-state index >= 15 is 0 Å². The molecular weight excluding hydrogens is 303 g/mol. The van der Waals surface area contributed by atoms with E-state index in [1.807, 2.05) is 0 Å². The number of nitrogens with zero attached hydrogens (tertiary/aromatic N) is 1. The third-order valence-corrected chi connectivity index (χ3v) is 3.18. The van der Waals surface area contributed by atoms with Gasteiger partial charge in [-0.2, -0.15) is 0 Å². The van der Waals surface area contributed by atoms with Crippen molar-refractivity contribution >= 4 is 29.1 Å². The average molecular weight is 315 g/mol. The number of β-amino-alcohol motifs (C(OH)–C–C–N with tert-alkyl or cyclic N) is 1. The van der Waals surface area contributed by atoms with Crippen molar-refractivity contribution in [3.63, 3.8) is 0 Å². The summed E-state index contributed by atoms with van der Waals surface area (Å²) in [7, 11) is 1.29. The Morgan fingerprint density at radius 3 is 2.76 bits per heavy atom. The number of benzene rings is 1. The van der Waals surface area contributed by atoms with Crippen LogP contribution in [0, 0.1) is 5.82 Å². The molecule has 0 atom stereocenters. The zero-order valence-corrected chi connectivity index (χ0v) is 11.8. The normalized spacial score (nSPS) is 14.5. The minimum atomic E-state index is -0.772. The maximum Gasteiger partial charge on any atom is 0.277 e. The summed E-state index contributed by atoms with van der Waals surface area (Å²) in [6.07, 6.45) is 1.02.